The summed E-state index contributed by atoms with van der Waals surface area (Å²) in [7, 11) is 0. The molecule has 3 rings (SSSR count). The lowest BCUT2D eigenvalue weighted by Crippen LogP contribution is -2.05. The van der Waals surface area contributed by atoms with Gasteiger partial charge in [0, 0.05) is 11.8 Å². The number of nitrogens with zero attached hydrogens (tertiary/aromatic N) is 3. The van der Waals surface area contributed by atoms with Crippen LogP contribution in [-0.2, 0) is 11.3 Å². The van der Waals surface area contributed by atoms with Crippen LogP contribution < -0.4 is 0 Å². The lowest BCUT2D eigenvalue weighted by molar-refractivity contribution is 0.0472. The summed E-state index contributed by atoms with van der Waals surface area (Å²) in [5, 5.41) is 13.1. The van der Waals surface area contributed by atoms with Crippen LogP contribution in [0.25, 0.3) is 5.69 Å². The van der Waals surface area contributed by atoms with Gasteiger partial charge in [-0.15, -0.1) is 0 Å². The van der Waals surface area contributed by atoms with E-state index < -0.39 is 5.97 Å². The Balaban J connectivity index is 1.66. The molecule has 0 saturated carbocycles. The molecule has 23 heavy (non-hydrogen) atoms. The van der Waals surface area contributed by atoms with Crippen LogP contribution in [0.1, 0.15) is 21.5 Å². The molecule has 2 aromatic carbocycles. The van der Waals surface area contributed by atoms with Crippen LogP contribution in [-0.4, -0.2) is 15.7 Å². The van der Waals surface area contributed by atoms with Gasteiger partial charge in [-0.25, -0.2) is 9.48 Å². The highest BCUT2D eigenvalue weighted by Crippen LogP contribution is 2.11. The summed E-state index contributed by atoms with van der Waals surface area (Å²) in [6, 6.07) is 18.1. The van der Waals surface area contributed by atoms with Crippen molar-refractivity contribution in [2.45, 2.75) is 6.61 Å². The zero-order valence-electron chi connectivity index (χ0n) is 12.2. The number of rotatable bonds is 4. The number of hydrogen-bond acceptors (Lipinski definition) is 4. The topological polar surface area (TPSA) is 67.9 Å². The average molecular weight is 303 g/mol. The molecule has 1 aromatic heterocycles. The fraction of sp³-hybridized carbons (Fsp3) is 0.0556. The van der Waals surface area contributed by atoms with E-state index in [-0.39, 0.29) is 6.61 Å². The Hall–Kier alpha value is -3.39. The number of carbonyl (C=O) groups is 1. The van der Waals surface area contributed by atoms with Gasteiger partial charge in [0.25, 0.3) is 0 Å². The highest BCUT2D eigenvalue weighted by atomic mass is 16.5. The Kier molecular flexibility index (Phi) is 4.16. The van der Waals surface area contributed by atoms with Crippen LogP contribution in [0.2, 0.25) is 0 Å². The van der Waals surface area contributed by atoms with Crippen molar-refractivity contribution >= 4 is 5.97 Å². The largest absolute Gasteiger partial charge is 0.457 e. The monoisotopic (exact) mass is 303 g/mol. The van der Waals surface area contributed by atoms with E-state index in [0.29, 0.717) is 11.1 Å². The van der Waals surface area contributed by atoms with E-state index in [2.05, 4.69) is 5.10 Å². The molecule has 5 nitrogen and oxygen atoms in total. The van der Waals surface area contributed by atoms with Gasteiger partial charge in [-0.2, -0.15) is 10.4 Å². The number of carbonyl (C=O) groups excluding carboxylic acids is 1. The molecule has 0 amide bonds. The molecule has 0 spiro atoms. The van der Waals surface area contributed by atoms with Gasteiger partial charge in [0.15, 0.2) is 0 Å². The van der Waals surface area contributed by atoms with Crippen LogP contribution in [0.4, 0.5) is 0 Å². The van der Waals surface area contributed by atoms with Crippen molar-refractivity contribution in [3.63, 3.8) is 0 Å². The number of nitriles is 1. The minimum Gasteiger partial charge on any atom is -0.457 e. The lowest BCUT2D eigenvalue weighted by atomic mass is 10.1. The highest BCUT2D eigenvalue weighted by molar-refractivity contribution is 5.89. The van der Waals surface area contributed by atoms with Crippen molar-refractivity contribution in [1.82, 2.24) is 9.78 Å². The predicted octanol–water partition coefficient (Wildman–Crippen LogP) is 3.10. The van der Waals surface area contributed by atoms with Crippen molar-refractivity contribution < 1.29 is 9.53 Å². The Bertz CT molecular complexity index is 863. The van der Waals surface area contributed by atoms with Crippen molar-refractivity contribution in [1.29, 1.82) is 5.26 Å². The number of ether oxygens (including phenoxy) is 1. The van der Waals surface area contributed by atoms with Crippen LogP contribution in [0.3, 0.4) is 0 Å². The lowest BCUT2D eigenvalue weighted by Gasteiger charge is -2.03. The van der Waals surface area contributed by atoms with Crippen molar-refractivity contribution in [3.05, 3.63) is 83.7 Å². The SMILES string of the molecule is N#Cc1cccc(C(=O)OCc2cnn(-c3ccccc3)c2)c1. The maximum absolute atomic E-state index is 12.0. The summed E-state index contributed by atoms with van der Waals surface area (Å²) in [5.74, 6) is -0.463. The third-order valence-corrected chi connectivity index (χ3v) is 3.25. The Morgan fingerprint density at radius 3 is 2.78 bits per heavy atom. The minimum absolute atomic E-state index is 0.127. The molecular formula is C18H13N3O2. The van der Waals surface area contributed by atoms with Gasteiger partial charge < -0.3 is 4.74 Å². The summed E-state index contributed by atoms with van der Waals surface area (Å²) in [6.07, 6.45) is 3.47. The average Bonchev–Trinajstić information content (AvgIpc) is 3.09. The number of esters is 1. The first kappa shape index (κ1) is 14.5. The maximum atomic E-state index is 12.0. The summed E-state index contributed by atoms with van der Waals surface area (Å²) in [4.78, 5) is 12.0. The smallest absolute Gasteiger partial charge is 0.338 e. The molecule has 0 aliphatic carbocycles. The van der Waals surface area contributed by atoms with Gasteiger partial charge in [-0.3, -0.25) is 0 Å². The summed E-state index contributed by atoms with van der Waals surface area (Å²) in [5.41, 5.74) is 2.52. The fourth-order valence-electron chi connectivity index (χ4n) is 2.10. The molecule has 5 heteroatoms. The molecular weight excluding hydrogens is 290 g/mol. The van der Waals surface area contributed by atoms with Crippen LogP contribution >= 0.6 is 0 Å². The number of aromatic nitrogens is 2. The predicted molar refractivity (Wildman–Crippen MR) is 83.8 cm³/mol. The minimum atomic E-state index is -0.463. The standard InChI is InChI=1S/C18H13N3O2/c19-10-14-5-4-6-16(9-14)18(22)23-13-15-11-20-21(12-15)17-7-2-1-3-8-17/h1-9,11-12H,13H2. The third-order valence-electron chi connectivity index (χ3n) is 3.25. The number of hydrogen-bond donors (Lipinski definition) is 0. The Labute approximate surface area is 133 Å². The second-order valence-electron chi connectivity index (χ2n) is 4.90. The van der Waals surface area contributed by atoms with E-state index in [1.807, 2.05) is 42.6 Å². The zero-order chi connectivity index (χ0) is 16.1. The maximum Gasteiger partial charge on any atom is 0.338 e. The van der Waals surface area contributed by atoms with Gasteiger partial charge in [0.05, 0.1) is 29.1 Å². The molecule has 3 aromatic rings. The first-order valence-electron chi connectivity index (χ1n) is 7.02. The van der Waals surface area contributed by atoms with Crippen molar-refractivity contribution in [3.8, 4) is 11.8 Å². The van der Waals surface area contributed by atoms with E-state index in [1.165, 1.54) is 6.07 Å². The molecule has 0 unspecified atom stereocenters. The van der Waals surface area contributed by atoms with Crippen molar-refractivity contribution in [2.24, 2.45) is 0 Å². The van der Waals surface area contributed by atoms with E-state index in [0.717, 1.165) is 11.3 Å². The molecule has 1 heterocycles. The highest BCUT2D eigenvalue weighted by Gasteiger charge is 2.09. The number of benzene rings is 2. The van der Waals surface area contributed by atoms with Gasteiger partial charge in [0.1, 0.15) is 6.61 Å². The normalized spacial score (nSPS) is 10.0. The molecule has 112 valence electrons. The molecule has 0 aliphatic rings. The summed E-state index contributed by atoms with van der Waals surface area (Å²) in [6.45, 7) is 0.127. The molecule has 0 fully saturated rings. The van der Waals surface area contributed by atoms with Crippen LogP contribution in [0, 0.1) is 11.3 Å². The molecule has 0 saturated heterocycles. The van der Waals surface area contributed by atoms with Crippen LogP contribution in [0.5, 0.6) is 0 Å². The van der Waals surface area contributed by atoms with E-state index >= 15 is 0 Å². The van der Waals surface area contributed by atoms with Crippen molar-refractivity contribution in [2.75, 3.05) is 0 Å². The summed E-state index contributed by atoms with van der Waals surface area (Å²) >= 11 is 0. The van der Waals surface area contributed by atoms with Gasteiger partial charge >= 0.3 is 5.97 Å². The third kappa shape index (κ3) is 3.44. The summed E-state index contributed by atoms with van der Waals surface area (Å²) < 4.78 is 6.98. The Morgan fingerprint density at radius 2 is 2.00 bits per heavy atom. The zero-order valence-corrected chi connectivity index (χ0v) is 12.2. The van der Waals surface area contributed by atoms with Gasteiger partial charge in [0.2, 0.25) is 0 Å². The quantitative estimate of drug-likeness (QED) is 0.695. The second-order valence-corrected chi connectivity index (χ2v) is 4.90. The van der Waals surface area contributed by atoms with Crippen LogP contribution in [0.15, 0.2) is 67.0 Å². The van der Waals surface area contributed by atoms with E-state index in [9.17, 15) is 4.79 Å². The first-order chi connectivity index (χ1) is 11.3. The molecule has 0 radical (unpaired) electrons. The second kappa shape index (κ2) is 6.58. The Morgan fingerprint density at radius 1 is 1.17 bits per heavy atom. The van der Waals surface area contributed by atoms with E-state index in [4.69, 9.17) is 10.00 Å². The fourth-order valence-corrected chi connectivity index (χ4v) is 2.10. The molecule has 0 N–H and O–H groups in total. The molecule has 0 aliphatic heterocycles. The molecule has 0 atom stereocenters. The first-order valence-corrected chi connectivity index (χ1v) is 7.02. The van der Waals surface area contributed by atoms with Gasteiger partial charge in [-0.05, 0) is 30.3 Å². The number of para-hydroxylation sites is 1. The molecule has 0 bridgehead atoms. The van der Waals surface area contributed by atoms with E-state index in [1.54, 1.807) is 29.1 Å². The van der Waals surface area contributed by atoms with Gasteiger partial charge in [-0.1, -0.05) is 24.3 Å².